The minimum Gasteiger partial charge on any atom is -0.458 e. The van der Waals surface area contributed by atoms with Gasteiger partial charge in [-0.1, -0.05) is 251 Å². The topological polar surface area (TPSA) is 35.9 Å². The van der Waals surface area contributed by atoms with Crippen LogP contribution in [-0.4, -0.2) is 22.2 Å². The van der Waals surface area contributed by atoms with E-state index < -0.39 is 300 Å². The minimum atomic E-state index is -6.97. The molecule has 14 aromatic rings. The van der Waals surface area contributed by atoms with Gasteiger partial charge in [0.2, 0.25) is 0 Å². The Hall–Kier alpha value is -10.1. The van der Waals surface area contributed by atoms with Crippen molar-refractivity contribution in [1.82, 2.24) is 14.1 Å². The van der Waals surface area contributed by atoms with E-state index in [4.69, 9.17) is 29.4 Å². The smallest absolute Gasteiger partial charge is 0.269 e. The Balaban J connectivity index is 1.13. The summed E-state index contributed by atoms with van der Waals surface area (Å²) in [4.78, 5) is 4.66. The van der Waals surface area contributed by atoms with E-state index >= 15 is 0 Å². The lowest BCUT2D eigenvalue weighted by Crippen LogP contribution is -2.76. The quantitative estimate of drug-likeness (QED) is 0.0529. The maximum absolute atomic E-state index is 10.8. The van der Waals surface area contributed by atoms with Gasteiger partial charge >= 0.3 is 0 Å². The summed E-state index contributed by atoms with van der Waals surface area (Å²) < 4.78 is 414. The fourth-order valence-electron chi connectivity index (χ4n) is 11.4. The van der Waals surface area contributed by atoms with Crippen molar-refractivity contribution in [1.29, 1.82) is 0 Å². The molecule has 0 aliphatic heterocycles. The number of nitrogens with zero attached hydrogens (tertiary/aromatic N) is 4. The van der Waals surface area contributed by atoms with Crippen molar-refractivity contribution >= 4 is 61.7 Å². The molecule has 0 saturated heterocycles. The highest BCUT2D eigenvalue weighted by molar-refractivity contribution is 7.20. The highest BCUT2D eigenvalue weighted by Gasteiger charge is 2.45. The molecule has 0 atom stereocenters. The third kappa shape index (κ3) is 8.82. The Bertz CT molecular complexity index is 6900. The molecule has 0 radical (unpaired) electrons. The number of benzene rings is 11. The van der Waals surface area contributed by atoms with Crippen molar-refractivity contribution in [2.24, 2.45) is 0 Å². The van der Waals surface area contributed by atoms with Crippen molar-refractivity contribution < 1.29 is 68.2 Å². The van der Waals surface area contributed by atoms with Crippen LogP contribution in [-0.2, 0) is 10.8 Å². The van der Waals surface area contributed by atoms with Crippen LogP contribution < -0.4 is 30.1 Å². The summed E-state index contributed by atoms with van der Waals surface area (Å²) in [6, 6.07) is -8.22. The molecule has 0 amide bonds. The summed E-state index contributed by atoms with van der Waals surface area (Å²) in [6.07, 6.45) is 2.28. The fraction of sp³-hybridized carbons (Fsp3) is 0.100. The lowest BCUT2D eigenvalue weighted by Gasteiger charge is -2.37. The van der Waals surface area contributed by atoms with Gasteiger partial charge in [0, 0.05) is 49.2 Å². The van der Waals surface area contributed by atoms with E-state index in [-0.39, 0.29) is 39.6 Å². The first-order chi connectivity index (χ1) is 59.9. The number of para-hydroxylation sites is 3. The Labute approximate surface area is 564 Å². The number of aromatic nitrogens is 4. The molecular weight excluding hydrogens is 1060 g/mol. The molecule has 1 aliphatic carbocycles. The molecule has 0 unspecified atom stereocenters. The third-order valence-corrected chi connectivity index (χ3v) is 19.2. The molecule has 0 spiro atoms. The molecule has 3 aromatic heterocycles. The maximum atomic E-state index is 10.8. The van der Waals surface area contributed by atoms with Crippen LogP contribution in [0.4, 0.5) is 0 Å². The van der Waals surface area contributed by atoms with Gasteiger partial charge in [-0.05, 0) is 138 Å². The maximum Gasteiger partial charge on any atom is 0.269 e. The zero-order valence-electron chi connectivity index (χ0n) is 87.4. The Morgan fingerprint density at radius 2 is 1.14 bits per heavy atom. The van der Waals surface area contributed by atoms with E-state index in [2.05, 4.69) is 11.3 Å². The van der Waals surface area contributed by atoms with Gasteiger partial charge in [0.25, 0.3) is 6.33 Å². The average Bonchev–Trinajstić information content (AvgIpc) is 1.51. The number of fused-ring (bicyclic) bond motifs is 5. The molecule has 5 nitrogen and oxygen atoms in total. The molecule has 0 fully saturated rings. The van der Waals surface area contributed by atoms with Gasteiger partial charge < -0.3 is 4.74 Å². The van der Waals surface area contributed by atoms with Crippen molar-refractivity contribution in [3.8, 4) is 62.1 Å². The monoisotopic (exact) mass is 1170 g/mol. The summed E-state index contributed by atoms with van der Waals surface area (Å²) in [6.45, 7) is -19.6. The normalized spacial score (nSPS) is 21.4. The Kier molecular flexibility index (Phi) is 5.85. The van der Waals surface area contributed by atoms with E-state index in [0.717, 1.165) is 22.9 Å². The van der Waals surface area contributed by atoms with Crippen LogP contribution in [0.1, 0.15) is 109 Å². The fourth-order valence-corrected chi connectivity index (χ4v) is 15.4. The van der Waals surface area contributed by atoms with Crippen molar-refractivity contribution in [2.45, 2.75) is 51.5 Å². The first kappa shape index (κ1) is 24.1. The second-order valence-electron chi connectivity index (χ2n) is 20.1. The van der Waals surface area contributed by atoms with Gasteiger partial charge in [-0.2, -0.15) is 0 Å². The zero-order valence-corrected chi connectivity index (χ0v) is 45.4. The second-order valence-corrected chi connectivity index (χ2v) is 23.7. The Morgan fingerprint density at radius 3 is 1.83 bits per heavy atom. The van der Waals surface area contributed by atoms with E-state index in [1.165, 1.54) is 59.2 Å². The molecule has 6 heteroatoms. The van der Waals surface area contributed by atoms with Crippen molar-refractivity contribution in [3.63, 3.8) is 0 Å². The molecule has 86 heavy (non-hydrogen) atoms. The number of pyridine rings is 1. The molecule has 15 rings (SSSR count). The SMILES string of the molecule is [2H]c1c([2H])c([2H])c(-c2cc(-c3c([2H])c([2H])c4c(c3[2H])C(C([2H])([2H])[2H])(C([2H])([2H])[2H])CC4(C([2H])([2H])[2H])C([2H])([2H])[2H])c(-[n+]3[c-]n(-c4cccc(Oc5ccc6c7ccccc7n(-c7cc(C([2H])([2H])[2H])c(-c8c([2H])c([2H])c([2H])c([2H])c8[2H])cn7)c6c5)c4)c4ccccc43)c([Si](c3c([2H])c([2H])c([2H])c([2H])c3[2H])(c3c([2H])c([2H])c([2H])c([2H])c3[2H])c3c([2H])c([2H])c([2H])c([2H])c3[2H])c2)c([2H])c1[2H]. The van der Waals surface area contributed by atoms with Gasteiger partial charge in [-0.3, -0.25) is 13.7 Å². The molecule has 0 bridgehead atoms. The first-order valence-corrected chi connectivity index (χ1v) is 28.3. The number of aryl methyl sites for hydroxylation is 1. The van der Waals surface area contributed by atoms with Crippen molar-refractivity contribution in [3.05, 3.63) is 308 Å². The van der Waals surface area contributed by atoms with Gasteiger partial charge in [-0.15, -0.1) is 0 Å². The molecule has 11 aromatic carbocycles. The third-order valence-electron chi connectivity index (χ3n) is 15.0. The van der Waals surface area contributed by atoms with Crippen LogP contribution in [0.25, 0.3) is 83.4 Å². The molecule has 3 heterocycles. The summed E-state index contributed by atoms with van der Waals surface area (Å²) in [5, 5.41) is -3.69. The van der Waals surface area contributed by atoms with E-state index in [9.17, 15) is 34.3 Å². The van der Waals surface area contributed by atoms with Crippen LogP contribution in [0.2, 0.25) is 0 Å². The largest absolute Gasteiger partial charge is 0.458 e. The molecule has 414 valence electrons. The van der Waals surface area contributed by atoms with Crippen LogP contribution in [0.15, 0.2) is 285 Å². The second kappa shape index (κ2) is 20.9. The standard InChI is InChI=1S/C80H64N4OSi/c1-55-46-77(81-52-69(55)57-28-13-7-14-29-57)84-72-39-22-21-38-66(72)67-44-43-62(51-75(67)84)85-61-31-25-30-60(50-61)82-54-83(74-41-24-23-40-73(74)82)78-68(58-42-45-70-71(48-58)80(4,5)53-79(70,2)3)47-59(56-26-11-6-12-27-56)49-76(78)86(63-32-15-8-16-33-63,64-34-17-9-18-35-64)65-36-19-10-20-37-65/h6-52H,53H2,1-5H3/i1D3,2D3,3D3,4D3,5D3,6D,7D,8D,9D,10D,11D,12D,13D,14D,15D,16D,17D,18D,19D,20D,26D,27D,28D,29D,32D,33D,34D,35D,36D,37D,42D,45D,48D. The molecule has 0 saturated carbocycles. The van der Waals surface area contributed by atoms with Gasteiger partial charge in [0.1, 0.15) is 17.3 Å². The van der Waals surface area contributed by atoms with Crippen LogP contribution in [0.5, 0.6) is 11.5 Å². The van der Waals surface area contributed by atoms with Gasteiger partial charge in [-0.25, -0.2) is 4.98 Å². The number of imidazole rings is 1. The average molecular weight is 1170 g/mol. The van der Waals surface area contributed by atoms with Gasteiger partial charge in [0.15, 0.2) is 8.07 Å². The highest BCUT2D eigenvalue weighted by Crippen LogP contribution is 2.51. The predicted octanol–water partition coefficient (Wildman–Crippen LogP) is 16.6. The predicted molar refractivity (Wildman–Crippen MR) is 358 cm³/mol. The highest BCUT2D eigenvalue weighted by atomic mass is 28.3. The van der Waals surface area contributed by atoms with Crippen molar-refractivity contribution in [2.75, 3.05) is 0 Å². The zero-order chi connectivity index (χ0) is 95.0. The number of rotatable bonds is 12. The summed E-state index contributed by atoms with van der Waals surface area (Å²) in [5.74, 6) is 0.00725. The van der Waals surface area contributed by atoms with Gasteiger partial charge in [0.05, 0.1) is 71.8 Å². The number of hydrogen-bond donors (Lipinski definition) is 0. The first-order valence-electron chi connectivity index (χ1n) is 47.8. The summed E-state index contributed by atoms with van der Waals surface area (Å²) in [5.41, 5.74) is -16.7. The Morgan fingerprint density at radius 1 is 0.523 bits per heavy atom. The summed E-state index contributed by atoms with van der Waals surface area (Å²) in [7, 11) is -6.97. The molecular formula is C80H64N4OSi. The summed E-state index contributed by atoms with van der Waals surface area (Å²) >= 11 is 0. The van der Waals surface area contributed by atoms with E-state index in [1.54, 1.807) is 47.0 Å². The van der Waals surface area contributed by atoms with Crippen LogP contribution >= 0.6 is 0 Å². The van der Waals surface area contributed by atoms with E-state index in [0.29, 0.717) is 21.8 Å². The lowest BCUT2D eigenvalue weighted by molar-refractivity contribution is -0.570. The number of ether oxygens (including phenoxy) is 1. The van der Waals surface area contributed by atoms with Crippen LogP contribution in [0.3, 0.4) is 0 Å². The van der Waals surface area contributed by atoms with Crippen LogP contribution in [0, 0.1) is 13.2 Å². The molecule has 1 aliphatic rings. The number of hydrogen-bond acceptors (Lipinski definition) is 2. The van der Waals surface area contributed by atoms with E-state index in [1.807, 2.05) is 0 Å². The lowest BCUT2D eigenvalue weighted by atomic mass is 9.82. The minimum absolute atomic E-state index is 0.0124. The molecule has 0 N–H and O–H groups in total.